The van der Waals surface area contributed by atoms with Crippen LogP contribution in [-0.4, -0.2) is 28.6 Å². The SMILES string of the molecule is CCC1CCCCCN1c1ncc(/C=C/C(=O)O)cc1C. The van der Waals surface area contributed by atoms with Crippen LogP contribution in [0.5, 0.6) is 0 Å². The molecule has 0 aromatic carbocycles. The highest BCUT2D eigenvalue weighted by Gasteiger charge is 2.21. The van der Waals surface area contributed by atoms with Gasteiger partial charge in [-0.15, -0.1) is 0 Å². The molecule has 1 fully saturated rings. The number of carbonyl (C=O) groups is 1. The van der Waals surface area contributed by atoms with Gasteiger partial charge in [0, 0.05) is 24.9 Å². The summed E-state index contributed by atoms with van der Waals surface area (Å²) in [4.78, 5) is 17.6. The van der Waals surface area contributed by atoms with E-state index in [9.17, 15) is 4.79 Å². The lowest BCUT2D eigenvalue weighted by atomic mass is 10.1. The molecule has 2 rings (SSSR count). The molecule has 1 atom stereocenters. The lowest BCUT2D eigenvalue weighted by molar-refractivity contribution is -0.131. The van der Waals surface area contributed by atoms with Crippen molar-refractivity contribution in [3.63, 3.8) is 0 Å². The van der Waals surface area contributed by atoms with Crippen LogP contribution in [-0.2, 0) is 4.79 Å². The Balaban J connectivity index is 2.24. The Kier molecular flexibility index (Phi) is 5.37. The first kappa shape index (κ1) is 15.5. The van der Waals surface area contributed by atoms with Gasteiger partial charge in [-0.1, -0.05) is 19.8 Å². The molecular weight excluding hydrogens is 264 g/mol. The minimum absolute atomic E-state index is 0.569. The van der Waals surface area contributed by atoms with Gasteiger partial charge in [0.2, 0.25) is 0 Å². The zero-order valence-electron chi connectivity index (χ0n) is 12.9. The number of pyridine rings is 1. The predicted molar refractivity (Wildman–Crippen MR) is 85.5 cm³/mol. The van der Waals surface area contributed by atoms with Gasteiger partial charge in [0.15, 0.2) is 0 Å². The fraction of sp³-hybridized carbons (Fsp3) is 0.529. The van der Waals surface area contributed by atoms with E-state index in [0.717, 1.165) is 36.0 Å². The van der Waals surface area contributed by atoms with Crippen LogP contribution in [0.15, 0.2) is 18.3 Å². The van der Waals surface area contributed by atoms with Crippen molar-refractivity contribution in [3.8, 4) is 0 Å². The summed E-state index contributed by atoms with van der Waals surface area (Å²) in [6.45, 7) is 5.36. The monoisotopic (exact) mass is 288 g/mol. The molecule has 2 heterocycles. The molecule has 1 aromatic rings. The van der Waals surface area contributed by atoms with Gasteiger partial charge in [-0.3, -0.25) is 0 Å². The molecule has 0 amide bonds. The summed E-state index contributed by atoms with van der Waals surface area (Å²) in [6.07, 6.45) is 10.7. The van der Waals surface area contributed by atoms with Gasteiger partial charge in [-0.2, -0.15) is 0 Å². The largest absolute Gasteiger partial charge is 0.478 e. The van der Waals surface area contributed by atoms with E-state index in [-0.39, 0.29) is 0 Å². The number of carboxylic acid groups (broad SMARTS) is 1. The number of hydrogen-bond donors (Lipinski definition) is 1. The standard InChI is InChI=1S/C17H24N2O2/c1-3-15-7-5-4-6-10-19(15)17-13(2)11-14(12-18-17)8-9-16(20)21/h8-9,11-12,15H,3-7,10H2,1-2H3,(H,20,21)/b9-8+. The van der Waals surface area contributed by atoms with Crippen molar-refractivity contribution in [2.75, 3.05) is 11.4 Å². The van der Waals surface area contributed by atoms with Crippen molar-refractivity contribution < 1.29 is 9.90 Å². The third-order valence-electron chi connectivity index (χ3n) is 4.11. The molecule has 1 unspecified atom stereocenters. The van der Waals surface area contributed by atoms with Crippen LogP contribution in [0.4, 0.5) is 5.82 Å². The highest BCUT2D eigenvalue weighted by molar-refractivity contribution is 5.85. The predicted octanol–water partition coefficient (Wildman–Crippen LogP) is 3.65. The van der Waals surface area contributed by atoms with Crippen LogP contribution in [0.3, 0.4) is 0 Å². The van der Waals surface area contributed by atoms with E-state index in [0.29, 0.717) is 6.04 Å². The smallest absolute Gasteiger partial charge is 0.328 e. The van der Waals surface area contributed by atoms with Crippen LogP contribution in [0.2, 0.25) is 0 Å². The molecule has 0 radical (unpaired) electrons. The molecule has 1 aliphatic heterocycles. The molecule has 4 nitrogen and oxygen atoms in total. The molecule has 0 aliphatic carbocycles. The van der Waals surface area contributed by atoms with Crippen LogP contribution in [0, 0.1) is 6.92 Å². The second-order valence-corrected chi connectivity index (χ2v) is 5.69. The van der Waals surface area contributed by atoms with Crippen molar-refractivity contribution in [3.05, 3.63) is 29.5 Å². The Morgan fingerprint density at radius 2 is 2.29 bits per heavy atom. The first-order chi connectivity index (χ1) is 10.1. The van der Waals surface area contributed by atoms with Crippen LogP contribution in [0.1, 0.15) is 50.2 Å². The van der Waals surface area contributed by atoms with Crippen LogP contribution >= 0.6 is 0 Å². The normalized spacial score (nSPS) is 19.7. The Morgan fingerprint density at radius 3 is 2.95 bits per heavy atom. The zero-order valence-corrected chi connectivity index (χ0v) is 12.9. The van der Waals surface area contributed by atoms with Crippen molar-refractivity contribution in [2.45, 2.75) is 52.0 Å². The molecule has 1 aromatic heterocycles. The molecule has 1 saturated heterocycles. The van der Waals surface area contributed by atoms with Gasteiger partial charge >= 0.3 is 5.97 Å². The van der Waals surface area contributed by atoms with Gasteiger partial charge in [0.1, 0.15) is 5.82 Å². The third kappa shape index (κ3) is 4.06. The Labute approximate surface area is 126 Å². The highest BCUT2D eigenvalue weighted by Crippen LogP contribution is 2.27. The second-order valence-electron chi connectivity index (χ2n) is 5.69. The quantitative estimate of drug-likeness (QED) is 0.859. The van der Waals surface area contributed by atoms with E-state index < -0.39 is 5.97 Å². The molecule has 0 saturated carbocycles. The van der Waals surface area contributed by atoms with Gasteiger partial charge in [0.05, 0.1) is 0 Å². The number of aryl methyl sites for hydroxylation is 1. The van der Waals surface area contributed by atoms with Crippen molar-refractivity contribution in [1.82, 2.24) is 4.98 Å². The van der Waals surface area contributed by atoms with Gasteiger partial charge in [-0.25, -0.2) is 9.78 Å². The van der Waals surface area contributed by atoms with Crippen molar-refractivity contribution in [2.24, 2.45) is 0 Å². The number of rotatable bonds is 4. The van der Waals surface area contributed by atoms with E-state index in [4.69, 9.17) is 5.11 Å². The summed E-state index contributed by atoms with van der Waals surface area (Å²) < 4.78 is 0. The first-order valence-electron chi connectivity index (χ1n) is 7.76. The number of carboxylic acids is 1. The number of aromatic nitrogens is 1. The number of anilines is 1. The van der Waals surface area contributed by atoms with E-state index in [2.05, 4.69) is 23.7 Å². The van der Waals surface area contributed by atoms with E-state index in [1.165, 1.54) is 25.7 Å². The Morgan fingerprint density at radius 1 is 1.48 bits per heavy atom. The summed E-state index contributed by atoms with van der Waals surface area (Å²) in [5.41, 5.74) is 1.95. The van der Waals surface area contributed by atoms with Gasteiger partial charge in [-0.05, 0) is 49.5 Å². The third-order valence-corrected chi connectivity index (χ3v) is 4.11. The highest BCUT2D eigenvalue weighted by atomic mass is 16.4. The summed E-state index contributed by atoms with van der Waals surface area (Å²) >= 11 is 0. The molecule has 21 heavy (non-hydrogen) atoms. The van der Waals surface area contributed by atoms with E-state index in [1.807, 2.05) is 6.07 Å². The topological polar surface area (TPSA) is 53.4 Å². The molecule has 0 bridgehead atoms. The molecule has 114 valence electrons. The summed E-state index contributed by atoms with van der Waals surface area (Å²) in [6, 6.07) is 2.58. The fourth-order valence-electron chi connectivity index (χ4n) is 3.03. The number of aliphatic carboxylic acids is 1. The van der Waals surface area contributed by atoms with Crippen molar-refractivity contribution >= 4 is 17.9 Å². The average molecular weight is 288 g/mol. The maximum atomic E-state index is 10.6. The maximum Gasteiger partial charge on any atom is 0.328 e. The Hall–Kier alpha value is -1.84. The van der Waals surface area contributed by atoms with Gasteiger partial charge in [0.25, 0.3) is 0 Å². The lowest BCUT2D eigenvalue weighted by Crippen LogP contribution is -2.35. The Bertz CT molecular complexity index is 526. The average Bonchev–Trinajstić information content (AvgIpc) is 2.70. The number of nitrogens with zero attached hydrogens (tertiary/aromatic N) is 2. The van der Waals surface area contributed by atoms with Gasteiger partial charge < -0.3 is 10.0 Å². The molecule has 4 heteroatoms. The van der Waals surface area contributed by atoms with Crippen LogP contribution in [0.25, 0.3) is 6.08 Å². The molecule has 1 N–H and O–H groups in total. The minimum Gasteiger partial charge on any atom is -0.478 e. The zero-order chi connectivity index (χ0) is 15.2. The molecule has 0 spiro atoms. The molecular formula is C17H24N2O2. The fourth-order valence-corrected chi connectivity index (χ4v) is 3.03. The number of hydrogen-bond acceptors (Lipinski definition) is 3. The van der Waals surface area contributed by atoms with E-state index >= 15 is 0 Å². The first-order valence-corrected chi connectivity index (χ1v) is 7.76. The summed E-state index contributed by atoms with van der Waals surface area (Å²) in [7, 11) is 0. The molecule has 1 aliphatic rings. The minimum atomic E-state index is -0.935. The van der Waals surface area contributed by atoms with E-state index in [1.54, 1.807) is 12.3 Å². The maximum absolute atomic E-state index is 10.6. The summed E-state index contributed by atoms with van der Waals surface area (Å²) in [5, 5.41) is 8.68. The second kappa shape index (κ2) is 7.25. The summed E-state index contributed by atoms with van der Waals surface area (Å²) in [5.74, 6) is 0.117. The lowest BCUT2D eigenvalue weighted by Gasteiger charge is -2.31. The van der Waals surface area contributed by atoms with Crippen LogP contribution < -0.4 is 4.90 Å². The van der Waals surface area contributed by atoms with Crippen molar-refractivity contribution in [1.29, 1.82) is 0 Å².